The van der Waals surface area contributed by atoms with Gasteiger partial charge in [0.15, 0.2) is 0 Å². The van der Waals surface area contributed by atoms with Gasteiger partial charge in [-0.1, -0.05) is 0 Å². The number of aromatic nitrogens is 1. The van der Waals surface area contributed by atoms with Crippen LogP contribution < -0.4 is 11.1 Å². The highest BCUT2D eigenvalue weighted by molar-refractivity contribution is 7.09. The summed E-state index contributed by atoms with van der Waals surface area (Å²) in [5, 5.41) is 6.81. The lowest BCUT2D eigenvalue weighted by Gasteiger charge is -2.29. The van der Waals surface area contributed by atoms with Crippen molar-refractivity contribution < 1.29 is 0 Å². The van der Waals surface area contributed by atoms with Crippen LogP contribution in [0.25, 0.3) is 0 Å². The third-order valence-electron chi connectivity index (χ3n) is 3.46. The Bertz CT molecular complexity index is 345. The Morgan fingerprint density at radius 1 is 1.44 bits per heavy atom. The van der Waals surface area contributed by atoms with Gasteiger partial charge in [0.1, 0.15) is 0 Å². The number of rotatable bonds is 6. The highest BCUT2D eigenvalue weighted by Crippen LogP contribution is 2.08. The van der Waals surface area contributed by atoms with Crippen molar-refractivity contribution in [3.8, 4) is 0 Å². The fourth-order valence-corrected chi connectivity index (χ4v) is 2.93. The first-order valence-corrected chi connectivity index (χ1v) is 7.71. The van der Waals surface area contributed by atoms with Crippen molar-refractivity contribution in [1.82, 2.24) is 15.2 Å². The van der Waals surface area contributed by atoms with E-state index < -0.39 is 0 Å². The van der Waals surface area contributed by atoms with Gasteiger partial charge in [0.25, 0.3) is 0 Å². The summed E-state index contributed by atoms with van der Waals surface area (Å²) in [4.78, 5) is 6.96. The van der Waals surface area contributed by atoms with Crippen molar-refractivity contribution in [3.63, 3.8) is 0 Å². The van der Waals surface area contributed by atoms with Gasteiger partial charge in [-0.05, 0) is 32.9 Å². The Balaban J connectivity index is 1.51. The van der Waals surface area contributed by atoms with E-state index in [-0.39, 0.29) is 0 Å². The SMILES string of the molecule is Cc1nc(CCNCCN2CCC(N)CC2)cs1. The monoisotopic (exact) mass is 268 g/mol. The van der Waals surface area contributed by atoms with Crippen molar-refractivity contribution in [1.29, 1.82) is 0 Å². The molecule has 0 atom stereocenters. The number of hydrogen-bond acceptors (Lipinski definition) is 5. The molecule has 0 radical (unpaired) electrons. The van der Waals surface area contributed by atoms with Crippen molar-refractivity contribution in [2.75, 3.05) is 32.7 Å². The number of nitrogens with two attached hydrogens (primary N) is 1. The Kier molecular flexibility index (Phi) is 5.56. The number of aryl methyl sites for hydroxylation is 1. The van der Waals surface area contributed by atoms with Crippen LogP contribution in [0.15, 0.2) is 5.38 Å². The maximum atomic E-state index is 5.89. The van der Waals surface area contributed by atoms with Crippen LogP contribution in [0.5, 0.6) is 0 Å². The maximum absolute atomic E-state index is 5.89. The molecule has 0 saturated carbocycles. The van der Waals surface area contributed by atoms with Crippen LogP contribution in [0, 0.1) is 6.92 Å². The predicted octanol–water partition coefficient (Wildman–Crippen LogP) is 1.01. The van der Waals surface area contributed by atoms with Gasteiger partial charge in [0.05, 0.1) is 10.7 Å². The highest BCUT2D eigenvalue weighted by Gasteiger charge is 2.14. The average molecular weight is 268 g/mol. The van der Waals surface area contributed by atoms with Gasteiger partial charge >= 0.3 is 0 Å². The van der Waals surface area contributed by atoms with Crippen LogP contribution in [-0.2, 0) is 6.42 Å². The quantitative estimate of drug-likeness (QED) is 0.756. The fraction of sp³-hybridized carbons (Fsp3) is 0.769. The molecule has 102 valence electrons. The maximum Gasteiger partial charge on any atom is 0.0897 e. The number of hydrogen-bond donors (Lipinski definition) is 2. The van der Waals surface area contributed by atoms with Crippen molar-refractivity contribution in [3.05, 3.63) is 16.1 Å². The Labute approximate surface area is 114 Å². The predicted molar refractivity (Wildman–Crippen MR) is 77.1 cm³/mol. The van der Waals surface area contributed by atoms with Gasteiger partial charge < -0.3 is 16.0 Å². The molecule has 0 spiro atoms. The van der Waals surface area contributed by atoms with E-state index in [9.17, 15) is 0 Å². The number of piperidine rings is 1. The second kappa shape index (κ2) is 7.19. The summed E-state index contributed by atoms with van der Waals surface area (Å²) in [5.74, 6) is 0. The molecule has 0 bridgehead atoms. The molecule has 5 heteroatoms. The van der Waals surface area contributed by atoms with Gasteiger partial charge in [-0.25, -0.2) is 4.98 Å². The minimum Gasteiger partial charge on any atom is -0.328 e. The molecule has 1 aromatic heterocycles. The summed E-state index contributed by atoms with van der Waals surface area (Å²) in [5.41, 5.74) is 7.11. The lowest BCUT2D eigenvalue weighted by Crippen LogP contribution is -2.42. The standard InChI is InChI=1S/C13H24N4S/c1-11-16-13(10-18-11)2-5-15-6-9-17-7-3-12(14)4-8-17/h10,12,15H,2-9,14H2,1H3. The van der Waals surface area contributed by atoms with E-state index in [2.05, 4.69) is 27.5 Å². The molecule has 1 aliphatic heterocycles. The van der Waals surface area contributed by atoms with Gasteiger partial charge in [-0.15, -0.1) is 11.3 Å². The molecule has 2 rings (SSSR count). The summed E-state index contributed by atoms with van der Waals surface area (Å²) in [6, 6.07) is 0.433. The van der Waals surface area contributed by atoms with E-state index in [0.29, 0.717) is 6.04 Å². The molecule has 0 aromatic carbocycles. The van der Waals surface area contributed by atoms with Gasteiger partial charge in [0, 0.05) is 37.5 Å². The lowest BCUT2D eigenvalue weighted by molar-refractivity contribution is 0.214. The van der Waals surface area contributed by atoms with Crippen molar-refractivity contribution in [2.24, 2.45) is 5.73 Å². The number of likely N-dealkylation sites (tertiary alicyclic amines) is 1. The van der Waals surface area contributed by atoms with Crippen LogP contribution in [0.3, 0.4) is 0 Å². The molecular weight excluding hydrogens is 244 g/mol. The third-order valence-corrected chi connectivity index (χ3v) is 4.28. The summed E-state index contributed by atoms with van der Waals surface area (Å²) in [6.45, 7) is 7.61. The Morgan fingerprint density at radius 3 is 2.89 bits per heavy atom. The van der Waals surface area contributed by atoms with E-state index in [4.69, 9.17) is 5.73 Å². The van der Waals surface area contributed by atoms with Gasteiger partial charge in [0.2, 0.25) is 0 Å². The van der Waals surface area contributed by atoms with Crippen LogP contribution in [0.4, 0.5) is 0 Å². The topological polar surface area (TPSA) is 54.2 Å². The van der Waals surface area contributed by atoms with E-state index in [0.717, 1.165) is 57.0 Å². The number of nitrogens with zero attached hydrogens (tertiary/aromatic N) is 2. The highest BCUT2D eigenvalue weighted by atomic mass is 32.1. The first-order valence-electron chi connectivity index (χ1n) is 6.83. The number of thiazole rings is 1. The largest absolute Gasteiger partial charge is 0.328 e. The van der Waals surface area contributed by atoms with Crippen molar-refractivity contribution in [2.45, 2.75) is 32.2 Å². The molecule has 1 saturated heterocycles. The van der Waals surface area contributed by atoms with Crippen LogP contribution >= 0.6 is 11.3 Å². The zero-order valence-corrected chi connectivity index (χ0v) is 12.0. The summed E-state index contributed by atoms with van der Waals surface area (Å²) < 4.78 is 0. The van der Waals surface area contributed by atoms with Crippen molar-refractivity contribution >= 4 is 11.3 Å². The molecule has 18 heavy (non-hydrogen) atoms. The number of nitrogens with one attached hydrogen (secondary N) is 1. The smallest absolute Gasteiger partial charge is 0.0897 e. The molecule has 4 nitrogen and oxygen atoms in total. The molecule has 1 aromatic rings. The van der Waals surface area contributed by atoms with E-state index in [1.54, 1.807) is 11.3 Å². The zero-order chi connectivity index (χ0) is 12.8. The van der Waals surface area contributed by atoms with Crippen LogP contribution in [0.1, 0.15) is 23.5 Å². The molecule has 0 amide bonds. The molecule has 1 fully saturated rings. The van der Waals surface area contributed by atoms with Gasteiger partial charge in [-0.3, -0.25) is 0 Å². The molecule has 3 N–H and O–H groups in total. The summed E-state index contributed by atoms with van der Waals surface area (Å²) in [7, 11) is 0. The fourth-order valence-electron chi connectivity index (χ4n) is 2.28. The van der Waals surface area contributed by atoms with E-state index in [1.165, 1.54) is 5.69 Å². The second-order valence-electron chi connectivity index (χ2n) is 5.04. The molecule has 0 aliphatic carbocycles. The molecular formula is C13H24N4S. The first kappa shape index (κ1) is 13.9. The Hall–Kier alpha value is -0.490. The molecule has 1 aliphatic rings. The second-order valence-corrected chi connectivity index (χ2v) is 6.10. The lowest BCUT2D eigenvalue weighted by atomic mass is 10.1. The Morgan fingerprint density at radius 2 is 2.22 bits per heavy atom. The summed E-state index contributed by atoms with van der Waals surface area (Å²) in [6.07, 6.45) is 3.34. The van der Waals surface area contributed by atoms with Crippen LogP contribution in [0.2, 0.25) is 0 Å². The van der Waals surface area contributed by atoms with Gasteiger partial charge in [-0.2, -0.15) is 0 Å². The average Bonchev–Trinajstić information content (AvgIpc) is 2.77. The third kappa shape index (κ3) is 4.65. The normalized spacial score (nSPS) is 18.3. The minimum absolute atomic E-state index is 0.433. The molecule has 0 unspecified atom stereocenters. The van der Waals surface area contributed by atoms with Crippen LogP contribution in [-0.4, -0.2) is 48.6 Å². The zero-order valence-electron chi connectivity index (χ0n) is 11.2. The minimum atomic E-state index is 0.433. The van der Waals surface area contributed by atoms with E-state index >= 15 is 0 Å². The summed E-state index contributed by atoms with van der Waals surface area (Å²) >= 11 is 1.73. The first-order chi connectivity index (χ1) is 8.74. The van der Waals surface area contributed by atoms with E-state index in [1.807, 2.05) is 0 Å². The molecule has 2 heterocycles.